The van der Waals surface area contributed by atoms with Crippen molar-refractivity contribution in [2.24, 2.45) is 0 Å². The van der Waals surface area contributed by atoms with Gasteiger partial charge in [0, 0.05) is 16.7 Å². The van der Waals surface area contributed by atoms with Gasteiger partial charge in [0.2, 0.25) is 0 Å². The van der Waals surface area contributed by atoms with Gasteiger partial charge in [0.05, 0.1) is 4.91 Å². The van der Waals surface area contributed by atoms with Crippen molar-refractivity contribution >= 4 is 58.2 Å². The van der Waals surface area contributed by atoms with Crippen LogP contribution in [0.2, 0.25) is 5.02 Å². The van der Waals surface area contributed by atoms with Crippen molar-refractivity contribution in [1.29, 1.82) is 0 Å². The zero-order chi connectivity index (χ0) is 29.6. The van der Waals surface area contributed by atoms with Crippen molar-refractivity contribution in [2.45, 2.75) is 33.1 Å². The molecule has 1 unspecified atom stereocenters. The molecule has 1 amide bonds. The summed E-state index contributed by atoms with van der Waals surface area (Å²) in [6.07, 6.45) is 2.46. The number of hydrogen-bond donors (Lipinski definition) is 0. The molecule has 8 heteroatoms. The third kappa shape index (κ3) is 7.10. The summed E-state index contributed by atoms with van der Waals surface area (Å²) in [7, 11) is 0. The first kappa shape index (κ1) is 29.6. The van der Waals surface area contributed by atoms with Gasteiger partial charge >= 0.3 is 0 Å². The van der Waals surface area contributed by atoms with Gasteiger partial charge < -0.3 is 14.3 Å². The van der Waals surface area contributed by atoms with E-state index >= 15 is 0 Å². The van der Waals surface area contributed by atoms with Crippen LogP contribution in [0.5, 0.6) is 11.5 Å². The number of aldehydes is 1. The van der Waals surface area contributed by atoms with Crippen molar-refractivity contribution in [1.82, 2.24) is 4.90 Å². The van der Waals surface area contributed by atoms with E-state index in [9.17, 15) is 9.59 Å². The van der Waals surface area contributed by atoms with E-state index in [1.807, 2.05) is 68.4 Å². The number of halogens is 1. The molecule has 42 heavy (non-hydrogen) atoms. The number of aryl methyl sites for hydroxylation is 2. The number of ether oxygens (including phenoxy) is 2. The Balaban J connectivity index is 1.41. The monoisotopic (exact) mass is 613 g/mol. The largest absolute Gasteiger partial charge is 0.489 e. The number of hydrogen-bond acceptors (Lipinski definition) is 6. The number of carbonyl (C=O) groups excluding carboxylic acids is 2. The van der Waals surface area contributed by atoms with Crippen LogP contribution < -0.4 is 9.47 Å². The highest BCUT2D eigenvalue weighted by Gasteiger charge is 2.38. The molecular formula is C34H28ClNO4S2. The first-order valence-corrected chi connectivity index (χ1v) is 14.9. The van der Waals surface area contributed by atoms with E-state index in [0.717, 1.165) is 22.9 Å². The predicted molar refractivity (Wildman–Crippen MR) is 173 cm³/mol. The zero-order valence-corrected chi connectivity index (χ0v) is 25.5. The summed E-state index contributed by atoms with van der Waals surface area (Å²) in [5, 5.41) is 0.540. The number of thioether (sulfide) groups is 1. The fourth-order valence-electron chi connectivity index (χ4n) is 4.35. The second-order valence-corrected chi connectivity index (χ2v) is 12.0. The Morgan fingerprint density at radius 3 is 2.05 bits per heavy atom. The van der Waals surface area contributed by atoms with Crippen LogP contribution >= 0.6 is 35.6 Å². The summed E-state index contributed by atoms with van der Waals surface area (Å²) < 4.78 is 12.6. The maximum atomic E-state index is 13.5. The van der Waals surface area contributed by atoms with E-state index in [2.05, 4.69) is 12.1 Å². The summed E-state index contributed by atoms with van der Waals surface area (Å²) in [5.74, 6) is 0.857. The molecule has 0 bridgehead atoms. The van der Waals surface area contributed by atoms with Crippen molar-refractivity contribution in [2.75, 3.05) is 0 Å². The number of benzene rings is 4. The van der Waals surface area contributed by atoms with Crippen LogP contribution in [0.1, 0.15) is 39.4 Å². The highest BCUT2D eigenvalue weighted by molar-refractivity contribution is 8.26. The summed E-state index contributed by atoms with van der Waals surface area (Å²) in [6, 6.07) is 27.8. The minimum atomic E-state index is -0.851. The highest BCUT2D eigenvalue weighted by atomic mass is 35.5. The SMILES string of the molecule is Cc1ccc(COc2ccc(/C=C3\SC(=S)N(C(C=O)c4ccc(Cl)cc4)C3=O)c(OCc3ccc(C)cc3)c2)cc1. The summed E-state index contributed by atoms with van der Waals surface area (Å²) in [6.45, 7) is 4.84. The minimum Gasteiger partial charge on any atom is -0.489 e. The topological polar surface area (TPSA) is 55.8 Å². The van der Waals surface area contributed by atoms with Gasteiger partial charge in [-0.3, -0.25) is 9.69 Å². The molecule has 0 aliphatic carbocycles. The van der Waals surface area contributed by atoms with Crippen LogP contribution in [0.4, 0.5) is 0 Å². The van der Waals surface area contributed by atoms with Crippen molar-refractivity contribution in [3.63, 3.8) is 0 Å². The molecule has 5 nitrogen and oxygen atoms in total. The zero-order valence-electron chi connectivity index (χ0n) is 23.1. The standard InChI is InChI=1S/C34H28ClNO4S2/c1-22-3-7-24(8-4-22)20-39-29-16-13-27(31(18-29)40-21-25-9-5-23(2)6-10-25)17-32-33(38)36(34(41)42-32)30(19-37)26-11-14-28(35)15-12-26/h3-19,30H,20-21H2,1-2H3/b32-17-. The second kappa shape index (κ2) is 13.4. The molecule has 212 valence electrons. The molecule has 5 rings (SSSR count). The summed E-state index contributed by atoms with van der Waals surface area (Å²) in [4.78, 5) is 27.4. The van der Waals surface area contributed by atoms with Crippen LogP contribution in [0.15, 0.2) is 95.9 Å². The predicted octanol–water partition coefficient (Wildman–Crippen LogP) is 8.26. The van der Waals surface area contributed by atoms with Gasteiger partial charge in [0.1, 0.15) is 41.4 Å². The maximum Gasteiger partial charge on any atom is 0.267 e. The minimum absolute atomic E-state index is 0.304. The van der Waals surface area contributed by atoms with Gasteiger partial charge in [0.15, 0.2) is 0 Å². The molecule has 4 aromatic rings. The first-order chi connectivity index (χ1) is 20.3. The quantitative estimate of drug-likeness (QED) is 0.102. The number of amides is 1. The molecule has 1 aliphatic rings. The molecule has 1 heterocycles. The molecule has 1 fully saturated rings. The lowest BCUT2D eigenvalue weighted by molar-refractivity contribution is -0.127. The van der Waals surface area contributed by atoms with Crippen LogP contribution in [0, 0.1) is 13.8 Å². The van der Waals surface area contributed by atoms with Crippen molar-refractivity contribution < 1.29 is 19.1 Å². The maximum absolute atomic E-state index is 13.5. The van der Waals surface area contributed by atoms with Crippen molar-refractivity contribution in [3.05, 3.63) is 134 Å². The van der Waals surface area contributed by atoms with Gasteiger partial charge in [-0.15, -0.1) is 0 Å². The highest BCUT2D eigenvalue weighted by Crippen LogP contribution is 2.39. The van der Waals surface area contributed by atoms with E-state index in [1.165, 1.54) is 16.0 Å². The molecule has 0 spiro atoms. The van der Waals surface area contributed by atoms with Crippen LogP contribution in [0.3, 0.4) is 0 Å². The lowest BCUT2D eigenvalue weighted by Crippen LogP contribution is -2.33. The van der Waals surface area contributed by atoms with E-state index in [1.54, 1.807) is 30.3 Å². The molecular weight excluding hydrogens is 586 g/mol. The Hall–Kier alpha value is -3.91. The van der Waals surface area contributed by atoms with E-state index < -0.39 is 6.04 Å². The molecule has 0 saturated carbocycles. The number of rotatable bonds is 10. The Kier molecular flexibility index (Phi) is 9.42. The number of thiocarbonyl (C=S) groups is 1. The third-order valence-corrected chi connectivity index (χ3v) is 8.34. The molecule has 1 aliphatic heterocycles. The Morgan fingerprint density at radius 2 is 1.45 bits per heavy atom. The lowest BCUT2D eigenvalue weighted by atomic mass is 10.1. The summed E-state index contributed by atoms with van der Waals surface area (Å²) in [5.41, 5.74) is 5.75. The number of nitrogens with zero attached hydrogens (tertiary/aromatic N) is 1. The van der Waals surface area contributed by atoms with Gasteiger partial charge in [0.25, 0.3) is 5.91 Å². The van der Waals surface area contributed by atoms with E-state index in [-0.39, 0.29) is 5.91 Å². The average Bonchev–Trinajstić information content (AvgIpc) is 3.26. The average molecular weight is 614 g/mol. The summed E-state index contributed by atoms with van der Waals surface area (Å²) >= 11 is 12.7. The van der Waals surface area contributed by atoms with Crippen LogP contribution in [-0.2, 0) is 22.8 Å². The lowest BCUT2D eigenvalue weighted by Gasteiger charge is -2.22. The van der Waals surface area contributed by atoms with E-state index in [4.69, 9.17) is 33.3 Å². The van der Waals surface area contributed by atoms with Crippen LogP contribution in [0.25, 0.3) is 6.08 Å². The molecule has 0 N–H and O–H groups in total. The van der Waals surface area contributed by atoms with Gasteiger partial charge in [-0.2, -0.15) is 0 Å². The third-order valence-electron chi connectivity index (χ3n) is 6.75. The van der Waals surface area contributed by atoms with Crippen LogP contribution in [-0.4, -0.2) is 21.4 Å². The molecule has 1 atom stereocenters. The van der Waals surface area contributed by atoms with Gasteiger partial charge in [-0.05, 0) is 60.9 Å². The fraction of sp³-hybridized carbons (Fsp3) is 0.147. The normalized spacial score (nSPS) is 14.7. The smallest absolute Gasteiger partial charge is 0.267 e. The Labute approximate surface area is 260 Å². The molecule has 0 radical (unpaired) electrons. The van der Waals surface area contributed by atoms with Crippen molar-refractivity contribution in [3.8, 4) is 11.5 Å². The Morgan fingerprint density at radius 1 is 0.857 bits per heavy atom. The van der Waals surface area contributed by atoms with E-state index in [0.29, 0.717) is 56.4 Å². The van der Waals surface area contributed by atoms with Gasteiger partial charge in [-0.1, -0.05) is 107 Å². The molecule has 4 aromatic carbocycles. The molecule has 1 saturated heterocycles. The molecule has 0 aromatic heterocycles. The Bertz CT molecular complexity index is 1630. The second-order valence-electron chi connectivity index (χ2n) is 9.93. The number of carbonyl (C=O) groups is 2. The first-order valence-electron chi connectivity index (χ1n) is 13.3. The van der Waals surface area contributed by atoms with Gasteiger partial charge in [-0.25, -0.2) is 0 Å². The fourth-order valence-corrected chi connectivity index (χ4v) is 5.80.